The van der Waals surface area contributed by atoms with Crippen LogP contribution in [-0.2, 0) is 6.42 Å². The lowest BCUT2D eigenvalue weighted by atomic mass is 9.94. The molecule has 1 unspecified atom stereocenters. The molecule has 116 valence electrons. The smallest absolute Gasteiger partial charge is 0.0690 e. The van der Waals surface area contributed by atoms with Gasteiger partial charge in [0.15, 0.2) is 0 Å². The zero-order valence-corrected chi connectivity index (χ0v) is 12.9. The molecule has 4 rings (SSSR count). The molecule has 2 aromatic carbocycles. The number of rotatable bonds is 2. The van der Waals surface area contributed by atoms with Gasteiger partial charge in [0.2, 0.25) is 0 Å². The van der Waals surface area contributed by atoms with Crippen molar-refractivity contribution in [3.8, 4) is 0 Å². The normalized spacial score (nSPS) is 16.4. The van der Waals surface area contributed by atoms with Crippen LogP contribution < -0.4 is 5.32 Å². The summed E-state index contributed by atoms with van der Waals surface area (Å²) in [4.78, 5) is 0. The van der Waals surface area contributed by atoms with Gasteiger partial charge in [0.05, 0.1) is 12.2 Å². The number of hydrogen-bond donors (Lipinski definition) is 2. The molecule has 0 spiro atoms. The van der Waals surface area contributed by atoms with Gasteiger partial charge < -0.3 is 5.32 Å². The van der Waals surface area contributed by atoms with Gasteiger partial charge in [0.1, 0.15) is 0 Å². The topological polar surface area (TPSA) is 53.6 Å². The molecule has 1 aromatic heterocycles. The van der Waals surface area contributed by atoms with Gasteiger partial charge in [-0.05, 0) is 23.1 Å². The second-order valence-electron chi connectivity index (χ2n) is 5.31. The molecule has 0 saturated heterocycles. The van der Waals surface area contributed by atoms with Gasteiger partial charge >= 0.3 is 0 Å². The molecule has 0 aliphatic carbocycles. The van der Waals surface area contributed by atoms with Gasteiger partial charge in [-0.25, -0.2) is 0 Å². The lowest BCUT2D eigenvalue weighted by Crippen LogP contribution is -2.28. The molecule has 4 heteroatoms. The van der Waals surface area contributed by atoms with Crippen LogP contribution in [0.1, 0.15) is 22.7 Å². The van der Waals surface area contributed by atoms with E-state index >= 15 is 0 Å². The van der Waals surface area contributed by atoms with Gasteiger partial charge in [-0.1, -0.05) is 72.0 Å². The van der Waals surface area contributed by atoms with E-state index in [4.69, 9.17) is 0 Å². The van der Waals surface area contributed by atoms with Gasteiger partial charge in [0.25, 0.3) is 0 Å². The summed E-state index contributed by atoms with van der Waals surface area (Å²) in [6.07, 6.45) is 8.82. The Morgan fingerprint density at radius 2 is 1.83 bits per heavy atom. The molecule has 1 aliphatic heterocycles. The van der Waals surface area contributed by atoms with Crippen molar-refractivity contribution in [2.45, 2.75) is 12.5 Å². The zero-order chi connectivity index (χ0) is 15.7. The first-order chi connectivity index (χ1) is 11.4. The molecular weight excluding hydrogens is 284 g/mol. The highest BCUT2D eigenvalue weighted by molar-refractivity contribution is 5.51. The third-order valence-corrected chi connectivity index (χ3v) is 3.76. The van der Waals surface area contributed by atoms with E-state index in [1.165, 1.54) is 16.7 Å². The minimum atomic E-state index is 0.343. The summed E-state index contributed by atoms with van der Waals surface area (Å²) in [6, 6.07) is 19.5. The van der Waals surface area contributed by atoms with E-state index < -0.39 is 0 Å². The van der Waals surface area contributed by atoms with Crippen LogP contribution in [0, 0.1) is 0 Å². The minimum absolute atomic E-state index is 0.343. The van der Waals surface area contributed by atoms with E-state index in [9.17, 15) is 0 Å². The number of fused-ring (bicyclic) bond motifs is 1. The molecule has 0 radical (unpaired) electrons. The Hall–Kier alpha value is -2.72. The number of hydrogen-bond acceptors (Lipinski definition) is 3. The fraction of sp³-hybridized carbons (Fsp3) is 0.158. The Morgan fingerprint density at radius 3 is 2.57 bits per heavy atom. The molecule has 2 N–H and O–H groups in total. The van der Waals surface area contributed by atoms with Gasteiger partial charge in [-0.2, -0.15) is 0 Å². The van der Waals surface area contributed by atoms with Crippen LogP contribution in [0.3, 0.4) is 0 Å². The van der Waals surface area contributed by atoms with E-state index in [2.05, 4.69) is 81.4 Å². The number of benzene rings is 2. The first-order valence-corrected chi connectivity index (χ1v) is 7.78. The standard InChI is InChI=1S/C17H17N.C2H3N3/c1-2-6-14(7-3-1)10-11-17-16-9-5-4-8-15(16)12-13-18-17;1-2-4-5-3-1/h1-11,17-18H,12-13H2;1-2H,(H,3,4,5). The Kier molecular flexibility index (Phi) is 5.32. The molecule has 4 nitrogen and oxygen atoms in total. The van der Waals surface area contributed by atoms with Gasteiger partial charge in [-0.3, -0.25) is 5.10 Å². The molecule has 1 aliphatic rings. The van der Waals surface area contributed by atoms with Crippen molar-refractivity contribution in [2.24, 2.45) is 0 Å². The SMILES string of the molecule is C(=CC1NCCc2ccccc21)c1ccccc1.c1c[nH]nn1. The minimum Gasteiger partial charge on any atom is -0.306 e. The van der Waals surface area contributed by atoms with E-state index in [1.807, 2.05) is 6.07 Å². The van der Waals surface area contributed by atoms with Gasteiger partial charge in [0, 0.05) is 12.7 Å². The van der Waals surface area contributed by atoms with Crippen molar-refractivity contribution in [3.63, 3.8) is 0 Å². The Bertz CT molecular complexity index is 703. The van der Waals surface area contributed by atoms with Crippen molar-refractivity contribution in [1.29, 1.82) is 0 Å². The summed E-state index contributed by atoms with van der Waals surface area (Å²) in [5.41, 5.74) is 4.14. The quantitative estimate of drug-likeness (QED) is 0.763. The molecule has 23 heavy (non-hydrogen) atoms. The highest BCUT2D eigenvalue weighted by Crippen LogP contribution is 2.24. The average molecular weight is 304 g/mol. The van der Waals surface area contributed by atoms with Crippen molar-refractivity contribution in [1.82, 2.24) is 20.7 Å². The van der Waals surface area contributed by atoms with Crippen LogP contribution in [0.4, 0.5) is 0 Å². The maximum absolute atomic E-state index is 3.56. The van der Waals surface area contributed by atoms with E-state index in [-0.39, 0.29) is 0 Å². The monoisotopic (exact) mass is 304 g/mol. The van der Waals surface area contributed by atoms with Crippen LogP contribution in [0.2, 0.25) is 0 Å². The summed E-state index contributed by atoms with van der Waals surface area (Å²) < 4.78 is 0. The number of aromatic amines is 1. The lowest BCUT2D eigenvalue weighted by molar-refractivity contribution is 0.583. The Labute approximate surface area is 136 Å². The first kappa shape index (κ1) is 15.2. The molecule has 2 heterocycles. The number of nitrogens with one attached hydrogen (secondary N) is 2. The van der Waals surface area contributed by atoms with Crippen molar-refractivity contribution >= 4 is 6.08 Å². The number of aromatic nitrogens is 3. The molecule has 0 bridgehead atoms. The summed E-state index contributed by atoms with van der Waals surface area (Å²) in [7, 11) is 0. The van der Waals surface area contributed by atoms with E-state index in [0.717, 1.165) is 13.0 Å². The Balaban J connectivity index is 0.000000267. The maximum atomic E-state index is 3.56. The van der Waals surface area contributed by atoms with Crippen LogP contribution in [0.15, 0.2) is 73.1 Å². The van der Waals surface area contributed by atoms with Crippen molar-refractivity contribution in [3.05, 3.63) is 89.8 Å². The molecule has 0 amide bonds. The predicted octanol–water partition coefficient (Wildman–Crippen LogP) is 3.39. The third kappa shape index (κ3) is 4.37. The fourth-order valence-corrected chi connectivity index (χ4v) is 2.65. The van der Waals surface area contributed by atoms with Crippen molar-refractivity contribution < 1.29 is 0 Å². The highest BCUT2D eigenvalue weighted by atomic mass is 15.3. The molecule has 0 saturated carbocycles. The zero-order valence-electron chi connectivity index (χ0n) is 12.9. The summed E-state index contributed by atoms with van der Waals surface area (Å²) >= 11 is 0. The lowest BCUT2D eigenvalue weighted by Gasteiger charge is -2.24. The maximum Gasteiger partial charge on any atom is 0.0690 e. The fourth-order valence-electron chi connectivity index (χ4n) is 2.65. The molecular formula is C19H20N4. The highest BCUT2D eigenvalue weighted by Gasteiger charge is 2.15. The summed E-state index contributed by atoms with van der Waals surface area (Å²) in [6.45, 7) is 1.06. The molecule has 0 fully saturated rings. The first-order valence-electron chi connectivity index (χ1n) is 7.78. The number of nitrogens with zero attached hydrogens (tertiary/aromatic N) is 2. The molecule has 1 atom stereocenters. The second-order valence-corrected chi connectivity index (χ2v) is 5.31. The number of H-pyrrole nitrogens is 1. The largest absolute Gasteiger partial charge is 0.306 e. The van der Waals surface area contributed by atoms with Crippen LogP contribution in [0.5, 0.6) is 0 Å². The van der Waals surface area contributed by atoms with Crippen molar-refractivity contribution in [2.75, 3.05) is 6.54 Å². The van der Waals surface area contributed by atoms with Gasteiger partial charge in [-0.15, -0.1) is 5.10 Å². The van der Waals surface area contributed by atoms with E-state index in [1.54, 1.807) is 12.4 Å². The van der Waals surface area contributed by atoms with E-state index in [0.29, 0.717) is 6.04 Å². The van der Waals surface area contributed by atoms with Crippen LogP contribution in [-0.4, -0.2) is 22.0 Å². The van der Waals surface area contributed by atoms with Crippen LogP contribution >= 0.6 is 0 Å². The summed E-state index contributed by atoms with van der Waals surface area (Å²) in [5, 5.41) is 12.8. The average Bonchev–Trinajstić information content (AvgIpc) is 3.21. The Morgan fingerprint density at radius 1 is 1.00 bits per heavy atom. The van der Waals surface area contributed by atoms with Crippen LogP contribution in [0.25, 0.3) is 6.08 Å². The summed E-state index contributed by atoms with van der Waals surface area (Å²) in [5.74, 6) is 0. The second kappa shape index (κ2) is 8.06. The predicted molar refractivity (Wildman–Crippen MR) is 92.7 cm³/mol. The molecule has 3 aromatic rings. The third-order valence-electron chi connectivity index (χ3n) is 3.76.